The number of rotatable bonds is 5. The van der Waals surface area contributed by atoms with Crippen LogP contribution in [0.5, 0.6) is 0 Å². The lowest BCUT2D eigenvalue weighted by molar-refractivity contribution is 0.0947. The summed E-state index contributed by atoms with van der Waals surface area (Å²) in [4.78, 5) is 16.2. The Morgan fingerprint density at radius 2 is 2.14 bits per heavy atom. The second-order valence-electron chi connectivity index (χ2n) is 5.11. The minimum atomic E-state index is -0.109. The first-order valence-corrected chi connectivity index (χ1v) is 6.96. The van der Waals surface area contributed by atoms with Crippen molar-refractivity contribution in [2.24, 2.45) is 0 Å². The first kappa shape index (κ1) is 15.0. The number of nitrogens with one attached hydrogen (secondary N) is 2. The first-order chi connectivity index (χ1) is 10.0. The van der Waals surface area contributed by atoms with Gasteiger partial charge in [0.1, 0.15) is 5.82 Å². The smallest absolute Gasteiger partial charge is 0.251 e. The molecule has 21 heavy (non-hydrogen) atoms. The third-order valence-corrected chi connectivity index (χ3v) is 3.30. The van der Waals surface area contributed by atoms with E-state index in [1.54, 1.807) is 25.4 Å². The van der Waals surface area contributed by atoms with Crippen LogP contribution in [0.25, 0.3) is 0 Å². The largest absolute Gasteiger partial charge is 0.373 e. The maximum absolute atomic E-state index is 12.1. The number of hydrogen-bond acceptors (Lipinski definition) is 4. The van der Waals surface area contributed by atoms with Crippen molar-refractivity contribution >= 4 is 11.7 Å². The van der Waals surface area contributed by atoms with Gasteiger partial charge in [0.05, 0.1) is 11.7 Å². The van der Waals surface area contributed by atoms with Crippen LogP contribution in [0.15, 0.2) is 24.4 Å². The topological polar surface area (TPSA) is 71.8 Å². The standard InChI is InChI=1S/C15H21N5O/c1-10-7-11(2)20(19-10)12(3)9-18-15(21)13-5-6-17-14(8-13)16-4/h5-8,12H,9H2,1-4H3,(H,16,17)(H,18,21)/t12-/m1/s1. The van der Waals surface area contributed by atoms with Crippen molar-refractivity contribution in [3.63, 3.8) is 0 Å². The summed E-state index contributed by atoms with van der Waals surface area (Å²) in [5.74, 6) is 0.566. The summed E-state index contributed by atoms with van der Waals surface area (Å²) in [6.07, 6.45) is 1.62. The molecule has 6 nitrogen and oxygen atoms in total. The zero-order valence-electron chi connectivity index (χ0n) is 12.8. The summed E-state index contributed by atoms with van der Waals surface area (Å²) >= 11 is 0. The lowest BCUT2D eigenvalue weighted by Gasteiger charge is -2.15. The molecule has 0 aliphatic rings. The lowest BCUT2D eigenvalue weighted by atomic mass is 10.2. The van der Waals surface area contributed by atoms with Crippen LogP contribution in [0.4, 0.5) is 5.82 Å². The molecular formula is C15H21N5O. The molecule has 112 valence electrons. The van der Waals surface area contributed by atoms with Gasteiger partial charge < -0.3 is 10.6 Å². The molecule has 2 heterocycles. The Morgan fingerprint density at radius 3 is 2.76 bits per heavy atom. The molecular weight excluding hydrogens is 266 g/mol. The summed E-state index contributed by atoms with van der Waals surface area (Å²) in [5, 5.41) is 10.3. The van der Waals surface area contributed by atoms with E-state index in [2.05, 4.69) is 20.7 Å². The van der Waals surface area contributed by atoms with Gasteiger partial charge in [-0.3, -0.25) is 9.48 Å². The van der Waals surface area contributed by atoms with Gasteiger partial charge in [-0.05, 0) is 39.0 Å². The molecule has 0 saturated heterocycles. The number of pyridine rings is 1. The van der Waals surface area contributed by atoms with Gasteiger partial charge in [-0.1, -0.05) is 0 Å². The van der Waals surface area contributed by atoms with Gasteiger partial charge in [0, 0.05) is 31.0 Å². The third-order valence-electron chi connectivity index (χ3n) is 3.30. The number of hydrogen-bond donors (Lipinski definition) is 2. The van der Waals surface area contributed by atoms with Crippen LogP contribution in [0, 0.1) is 13.8 Å². The molecule has 1 atom stereocenters. The van der Waals surface area contributed by atoms with Crippen molar-refractivity contribution in [1.82, 2.24) is 20.1 Å². The highest BCUT2D eigenvalue weighted by molar-refractivity contribution is 5.94. The Balaban J connectivity index is 1.98. The Kier molecular flexibility index (Phi) is 4.57. The molecule has 2 aromatic rings. The maximum atomic E-state index is 12.1. The van der Waals surface area contributed by atoms with E-state index in [0.717, 1.165) is 11.4 Å². The molecule has 0 aromatic carbocycles. The molecule has 0 fully saturated rings. The predicted octanol–water partition coefficient (Wildman–Crippen LogP) is 1.93. The third kappa shape index (κ3) is 3.59. The fourth-order valence-corrected chi connectivity index (χ4v) is 2.23. The zero-order valence-corrected chi connectivity index (χ0v) is 12.8. The van der Waals surface area contributed by atoms with E-state index in [1.165, 1.54) is 0 Å². The Bertz CT molecular complexity index is 635. The number of aryl methyl sites for hydroxylation is 2. The second kappa shape index (κ2) is 6.39. The van der Waals surface area contributed by atoms with Crippen LogP contribution in [0.1, 0.15) is 34.7 Å². The summed E-state index contributed by atoms with van der Waals surface area (Å²) in [6, 6.07) is 5.56. The maximum Gasteiger partial charge on any atom is 0.251 e. The van der Waals surface area contributed by atoms with E-state index >= 15 is 0 Å². The van der Waals surface area contributed by atoms with Gasteiger partial charge >= 0.3 is 0 Å². The van der Waals surface area contributed by atoms with E-state index < -0.39 is 0 Å². The van der Waals surface area contributed by atoms with Crippen molar-refractivity contribution in [3.05, 3.63) is 41.3 Å². The van der Waals surface area contributed by atoms with E-state index in [9.17, 15) is 4.79 Å². The minimum absolute atomic E-state index is 0.105. The van der Waals surface area contributed by atoms with Gasteiger partial charge in [0.15, 0.2) is 0 Å². The van der Waals surface area contributed by atoms with Crippen molar-refractivity contribution in [3.8, 4) is 0 Å². The molecule has 6 heteroatoms. The Labute approximate surface area is 124 Å². The molecule has 1 amide bonds. The van der Waals surface area contributed by atoms with E-state index in [1.807, 2.05) is 31.5 Å². The highest BCUT2D eigenvalue weighted by atomic mass is 16.1. The number of carbonyl (C=O) groups is 1. The van der Waals surface area contributed by atoms with Crippen molar-refractivity contribution < 1.29 is 4.79 Å². The van der Waals surface area contributed by atoms with Crippen LogP contribution in [0.3, 0.4) is 0 Å². The number of anilines is 1. The van der Waals surface area contributed by atoms with Crippen LogP contribution in [0.2, 0.25) is 0 Å². The van der Waals surface area contributed by atoms with Crippen molar-refractivity contribution in [2.75, 3.05) is 18.9 Å². The van der Waals surface area contributed by atoms with Gasteiger partial charge in [0.25, 0.3) is 5.91 Å². The average molecular weight is 287 g/mol. The lowest BCUT2D eigenvalue weighted by Crippen LogP contribution is -2.30. The van der Waals surface area contributed by atoms with E-state index in [4.69, 9.17) is 0 Å². The summed E-state index contributed by atoms with van der Waals surface area (Å²) < 4.78 is 1.93. The number of carbonyl (C=O) groups excluding carboxylic acids is 1. The second-order valence-corrected chi connectivity index (χ2v) is 5.11. The average Bonchev–Trinajstić information content (AvgIpc) is 2.83. The van der Waals surface area contributed by atoms with E-state index in [0.29, 0.717) is 17.9 Å². The predicted molar refractivity (Wildman–Crippen MR) is 82.5 cm³/mol. The molecule has 2 rings (SSSR count). The van der Waals surface area contributed by atoms with Crippen LogP contribution < -0.4 is 10.6 Å². The Hall–Kier alpha value is -2.37. The number of nitrogens with zero attached hydrogens (tertiary/aromatic N) is 3. The fourth-order valence-electron chi connectivity index (χ4n) is 2.23. The summed E-state index contributed by atoms with van der Waals surface area (Å²) in [6.45, 7) is 6.54. The Morgan fingerprint density at radius 1 is 1.38 bits per heavy atom. The summed E-state index contributed by atoms with van der Waals surface area (Å²) in [7, 11) is 1.77. The SMILES string of the molecule is CNc1cc(C(=O)NC[C@@H](C)n2nc(C)cc2C)ccn1. The highest BCUT2D eigenvalue weighted by Gasteiger charge is 2.12. The molecule has 0 bridgehead atoms. The van der Waals surface area contributed by atoms with Crippen LogP contribution in [-0.2, 0) is 0 Å². The van der Waals surface area contributed by atoms with Gasteiger partial charge in [-0.15, -0.1) is 0 Å². The molecule has 2 aromatic heterocycles. The molecule has 0 spiro atoms. The number of aromatic nitrogens is 3. The molecule has 0 radical (unpaired) electrons. The van der Waals surface area contributed by atoms with Gasteiger partial charge in [0.2, 0.25) is 0 Å². The van der Waals surface area contributed by atoms with E-state index in [-0.39, 0.29) is 11.9 Å². The molecule has 0 saturated carbocycles. The quantitative estimate of drug-likeness (QED) is 0.881. The monoisotopic (exact) mass is 287 g/mol. The summed E-state index contributed by atoms with van der Waals surface area (Å²) in [5.41, 5.74) is 2.67. The zero-order chi connectivity index (χ0) is 15.4. The number of amides is 1. The van der Waals surface area contributed by atoms with Crippen molar-refractivity contribution in [2.45, 2.75) is 26.8 Å². The molecule has 0 aliphatic heterocycles. The first-order valence-electron chi connectivity index (χ1n) is 6.96. The fraction of sp³-hybridized carbons (Fsp3) is 0.400. The van der Waals surface area contributed by atoms with Crippen LogP contribution >= 0.6 is 0 Å². The molecule has 2 N–H and O–H groups in total. The van der Waals surface area contributed by atoms with Gasteiger partial charge in [-0.25, -0.2) is 4.98 Å². The van der Waals surface area contributed by atoms with Crippen molar-refractivity contribution in [1.29, 1.82) is 0 Å². The van der Waals surface area contributed by atoms with Gasteiger partial charge in [-0.2, -0.15) is 5.10 Å². The van der Waals surface area contributed by atoms with Crippen LogP contribution in [-0.4, -0.2) is 34.3 Å². The highest BCUT2D eigenvalue weighted by Crippen LogP contribution is 2.10. The molecule has 0 aliphatic carbocycles. The molecule has 0 unspecified atom stereocenters. The normalized spacial score (nSPS) is 12.0. The minimum Gasteiger partial charge on any atom is -0.373 e.